The van der Waals surface area contributed by atoms with Gasteiger partial charge in [-0.3, -0.25) is 4.79 Å². The third-order valence-corrected chi connectivity index (χ3v) is 6.17. The van der Waals surface area contributed by atoms with Gasteiger partial charge in [0.25, 0.3) is 5.56 Å². The molecular formula is C10H7Br3N2O2S. The number of nitrogens with one attached hydrogen (secondary N) is 1. The number of halogens is 3. The molecule has 0 saturated heterocycles. The summed E-state index contributed by atoms with van der Waals surface area (Å²) < 4.78 is 7.32. The highest BCUT2D eigenvalue weighted by atomic mass is 79.9. The minimum absolute atomic E-state index is 0.215. The number of hydrogen-bond acceptors (Lipinski definition) is 4. The summed E-state index contributed by atoms with van der Waals surface area (Å²) in [5.74, 6) is 0.534. The monoisotopic (exact) mass is 456 g/mol. The molecule has 1 N–H and O–H groups in total. The van der Waals surface area contributed by atoms with E-state index in [4.69, 9.17) is 4.74 Å². The SMILES string of the molecule is COCc1nc(-c2cc(Br)c(Br)s2)[nH]c(=O)c1Br. The van der Waals surface area contributed by atoms with Crippen LogP contribution in [0.1, 0.15) is 5.69 Å². The number of hydrogen-bond donors (Lipinski definition) is 1. The average molecular weight is 459 g/mol. The molecule has 0 fully saturated rings. The number of nitrogens with zero attached hydrogens (tertiary/aromatic N) is 1. The van der Waals surface area contributed by atoms with E-state index >= 15 is 0 Å². The molecule has 2 aromatic rings. The quantitative estimate of drug-likeness (QED) is 0.758. The predicted molar refractivity (Wildman–Crippen MR) is 82.0 cm³/mol. The van der Waals surface area contributed by atoms with Crippen molar-refractivity contribution in [2.24, 2.45) is 0 Å². The largest absolute Gasteiger partial charge is 0.378 e. The van der Waals surface area contributed by atoms with Crippen molar-refractivity contribution in [3.8, 4) is 10.7 Å². The van der Waals surface area contributed by atoms with E-state index in [1.165, 1.54) is 11.3 Å². The zero-order valence-corrected chi connectivity index (χ0v) is 14.7. The summed E-state index contributed by atoms with van der Waals surface area (Å²) in [5.41, 5.74) is 0.365. The van der Waals surface area contributed by atoms with Crippen LogP contribution in [0.2, 0.25) is 0 Å². The Morgan fingerprint density at radius 1 is 1.44 bits per heavy atom. The van der Waals surface area contributed by atoms with Crippen LogP contribution in [0, 0.1) is 0 Å². The zero-order chi connectivity index (χ0) is 13.3. The van der Waals surface area contributed by atoms with Crippen molar-refractivity contribution in [2.45, 2.75) is 6.61 Å². The van der Waals surface area contributed by atoms with Crippen LogP contribution in [0.25, 0.3) is 10.7 Å². The minimum Gasteiger partial charge on any atom is -0.378 e. The summed E-state index contributed by atoms with van der Waals surface area (Å²) in [7, 11) is 1.56. The maximum atomic E-state index is 11.8. The van der Waals surface area contributed by atoms with Crippen LogP contribution in [0.4, 0.5) is 0 Å². The number of thiophene rings is 1. The Labute approximate surface area is 132 Å². The molecule has 0 spiro atoms. The second-order valence-electron chi connectivity index (χ2n) is 3.34. The van der Waals surface area contributed by atoms with Gasteiger partial charge in [0.15, 0.2) is 5.82 Å². The Kier molecular flexibility index (Phi) is 4.76. The van der Waals surface area contributed by atoms with Crippen LogP contribution in [0.3, 0.4) is 0 Å². The first-order chi connectivity index (χ1) is 8.52. The molecule has 0 aromatic carbocycles. The van der Waals surface area contributed by atoms with E-state index in [1.807, 2.05) is 6.07 Å². The molecule has 18 heavy (non-hydrogen) atoms. The molecule has 8 heteroatoms. The van der Waals surface area contributed by atoms with Gasteiger partial charge in [-0.1, -0.05) is 0 Å². The van der Waals surface area contributed by atoms with E-state index in [0.29, 0.717) is 16.0 Å². The van der Waals surface area contributed by atoms with E-state index in [2.05, 4.69) is 57.8 Å². The maximum Gasteiger partial charge on any atom is 0.265 e. The standard InChI is InChI=1S/C10H7Br3N2O2S/c1-17-3-5-7(12)10(16)15-9(14-5)6-2-4(11)8(13)18-6/h2H,3H2,1H3,(H,14,15,16). The van der Waals surface area contributed by atoms with Gasteiger partial charge in [0.05, 0.1) is 21.0 Å². The van der Waals surface area contributed by atoms with E-state index < -0.39 is 0 Å². The highest BCUT2D eigenvalue weighted by Gasteiger charge is 2.13. The Morgan fingerprint density at radius 3 is 2.72 bits per heavy atom. The summed E-state index contributed by atoms with van der Waals surface area (Å²) in [6, 6.07) is 1.90. The molecule has 0 aliphatic rings. The summed E-state index contributed by atoms with van der Waals surface area (Å²) >= 11 is 11.5. The lowest BCUT2D eigenvalue weighted by Gasteiger charge is -2.04. The number of aromatic nitrogens is 2. The van der Waals surface area contributed by atoms with Gasteiger partial charge < -0.3 is 9.72 Å². The summed E-state index contributed by atoms with van der Waals surface area (Å²) in [4.78, 5) is 19.8. The fourth-order valence-corrected chi connectivity index (χ4v) is 3.60. The van der Waals surface area contributed by atoms with Crippen LogP contribution >= 0.6 is 59.1 Å². The molecule has 0 aliphatic carbocycles. The highest BCUT2D eigenvalue weighted by Crippen LogP contribution is 2.36. The molecule has 2 rings (SSSR count). The fraction of sp³-hybridized carbons (Fsp3) is 0.200. The third-order valence-electron chi connectivity index (χ3n) is 2.09. The highest BCUT2D eigenvalue weighted by molar-refractivity contribution is 9.13. The van der Waals surface area contributed by atoms with Gasteiger partial charge in [-0.25, -0.2) is 4.98 Å². The van der Waals surface area contributed by atoms with Gasteiger partial charge in [0.2, 0.25) is 0 Å². The molecule has 0 radical (unpaired) electrons. The molecular weight excluding hydrogens is 452 g/mol. The van der Waals surface area contributed by atoms with Gasteiger partial charge in [0.1, 0.15) is 4.47 Å². The van der Waals surface area contributed by atoms with Gasteiger partial charge in [0, 0.05) is 11.6 Å². The first-order valence-corrected chi connectivity index (χ1v) is 7.95. The molecule has 0 atom stereocenters. The van der Waals surface area contributed by atoms with Crippen molar-refractivity contribution in [2.75, 3.05) is 7.11 Å². The molecule has 0 saturated carbocycles. The number of aromatic amines is 1. The van der Waals surface area contributed by atoms with Crippen molar-refractivity contribution < 1.29 is 4.74 Å². The van der Waals surface area contributed by atoms with Gasteiger partial charge in [-0.2, -0.15) is 0 Å². The molecule has 0 amide bonds. The fourth-order valence-electron chi connectivity index (χ4n) is 1.32. The second-order valence-corrected chi connectivity index (χ2v) is 7.36. The number of rotatable bonds is 3. The lowest BCUT2D eigenvalue weighted by Crippen LogP contribution is -2.13. The molecule has 0 bridgehead atoms. The van der Waals surface area contributed by atoms with Crippen LogP contribution in [0.15, 0.2) is 23.6 Å². The van der Waals surface area contributed by atoms with Crippen molar-refractivity contribution in [3.63, 3.8) is 0 Å². The molecule has 96 valence electrons. The molecule has 4 nitrogen and oxygen atoms in total. The minimum atomic E-state index is -0.215. The van der Waals surface area contributed by atoms with Crippen LogP contribution in [-0.2, 0) is 11.3 Å². The lowest BCUT2D eigenvalue weighted by molar-refractivity contribution is 0.180. The third kappa shape index (κ3) is 2.93. The van der Waals surface area contributed by atoms with E-state index in [9.17, 15) is 4.79 Å². The normalized spacial score (nSPS) is 10.9. The Bertz CT molecular complexity index is 619. The van der Waals surface area contributed by atoms with Crippen molar-refractivity contribution in [1.29, 1.82) is 0 Å². The Balaban J connectivity index is 2.55. The lowest BCUT2D eigenvalue weighted by atomic mass is 10.4. The molecule has 2 aromatic heterocycles. The molecule has 2 heterocycles. The van der Waals surface area contributed by atoms with Gasteiger partial charge in [-0.05, 0) is 53.9 Å². The molecule has 0 aliphatic heterocycles. The first kappa shape index (κ1) is 14.4. The summed E-state index contributed by atoms with van der Waals surface area (Å²) in [6.45, 7) is 0.283. The second kappa shape index (κ2) is 5.96. The van der Waals surface area contributed by atoms with Crippen molar-refractivity contribution in [3.05, 3.63) is 34.8 Å². The smallest absolute Gasteiger partial charge is 0.265 e. The van der Waals surface area contributed by atoms with Crippen molar-refractivity contribution >= 4 is 59.1 Å². The topological polar surface area (TPSA) is 55.0 Å². The zero-order valence-electron chi connectivity index (χ0n) is 9.09. The average Bonchev–Trinajstić information content (AvgIpc) is 2.65. The van der Waals surface area contributed by atoms with E-state index in [0.717, 1.165) is 13.1 Å². The van der Waals surface area contributed by atoms with Crippen LogP contribution in [-0.4, -0.2) is 17.1 Å². The number of H-pyrrole nitrogens is 1. The van der Waals surface area contributed by atoms with E-state index in [-0.39, 0.29) is 12.2 Å². The Hall–Kier alpha value is -0.0200. The van der Waals surface area contributed by atoms with E-state index in [1.54, 1.807) is 7.11 Å². The number of methoxy groups -OCH3 is 1. The van der Waals surface area contributed by atoms with Gasteiger partial charge >= 0.3 is 0 Å². The maximum absolute atomic E-state index is 11.8. The summed E-state index contributed by atoms with van der Waals surface area (Å²) in [6.07, 6.45) is 0. The predicted octanol–water partition coefficient (Wildman–Crippen LogP) is 3.93. The summed E-state index contributed by atoms with van der Waals surface area (Å²) in [5, 5.41) is 0. The van der Waals surface area contributed by atoms with Gasteiger partial charge in [-0.15, -0.1) is 11.3 Å². The molecule has 0 unspecified atom stereocenters. The first-order valence-electron chi connectivity index (χ1n) is 4.75. The Morgan fingerprint density at radius 2 is 2.17 bits per heavy atom. The number of ether oxygens (including phenoxy) is 1. The van der Waals surface area contributed by atoms with Crippen LogP contribution < -0.4 is 5.56 Å². The van der Waals surface area contributed by atoms with Crippen LogP contribution in [0.5, 0.6) is 0 Å². The van der Waals surface area contributed by atoms with Crippen molar-refractivity contribution in [1.82, 2.24) is 9.97 Å².